The van der Waals surface area contributed by atoms with Crippen LogP contribution in [0.1, 0.15) is 45.5 Å². The largest absolute Gasteiger partial charge is 0.449 e. The van der Waals surface area contributed by atoms with Gasteiger partial charge in [0.25, 0.3) is 0 Å². The number of ether oxygens (including phenoxy) is 1. The molecule has 1 amide bonds. The van der Waals surface area contributed by atoms with E-state index in [1.807, 2.05) is 36.4 Å². The third-order valence-electron chi connectivity index (χ3n) is 5.94. The molecule has 170 valence electrons. The summed E-state index contributed by atoms with van der Waals surface area (Å²) < 4.78 is 5.46. The Kier molecular flexibility index (Phi) is 7.08. The summed E-state index contributed by atoms with van der Waals surface area (Å²) in [4.78, 5) is 23.5. The topological polar surface area (TPSA) is 95.9 Å². The second-order valence-electron chi connectivity index (χ2n) is 7.91. The van der Waals surface area contributed by atoms with Crippen LogP contribution < -0.4 is 5.32 Å². The normalized spacial score (nSPS) is 14.2. The number of carbonyl (C=O) groups is 2. The lowest BCUT2D eigenvalue weighted by Crippen LogP contribution is -2.31. The monoisotopic (exact) mass is 465 g/mol. The van der Waals surface area contributed by atoms with Gasteiger partial charge in [0.05, 0.1) is 11.1 Å². The molecule has 6 nitrogen and oxygen atoms in total. The van der Waals surface area contributed by atoms with Crippen molar-refractivity contribution in [3.05, 3.63) is 94.0 Å². The molecule has 7 heteroatoms. The highest BCUT2D eigenvalue weighted by molar-refractivity contribution is 6.33. The minimum atomic E-state index is -1.31. The lowest BCUT2D eigenvalue weighted by Gasteiger charge is -2.20. The second-order valence-corrected chi connectivity index (χ2v) is 8.32. The van der Waals surface area contributed by atoms with Crippen LogP contribution in [0.15, 0.2) is 66.7 Å². The number of aliphatic hydroxyl groups excluding tert-OH is 2. The van der Waals surface area contributed by atoms with Gasteiger partial charge in [0.1, 0.15) is 12.7 Å². The predicted molar refractivity (Wildman–Crippen MR) is 125 cm³/mol. The van der Waals surface area contributed by atoms with Crippen LogP contribution in [-0.2, 0) is 4.74 Å². The van der Waals surface area contributed by atoms with E-state index >= 15 is 0 Å². The van der Waals surface area contributed by atoms with Crippen molar-refractivity contribution in [1.29, 1.82) is 0 Å². The quantitative estimate of drug-likeness (QED) is 0.426. The molecule has 3 aromatic rings. The summed E-state index contributed by atoms with van der Waals surface area (Å²) in [6.45, 7) is 0.280. The molecule has 1 aliphatic carbocycles. The fourth-order valence-electron chi connectivity index (χ4n) is 4.27. The van der Waals surface area contributed by atoms with E-state index in [0.717, 1.165) is 22.3 Å². The maximum atomic E-state index is 12.2. The fourth-order valence-corrected chi connectivity index (χ4v) is 4.50. The number of fused-ring (bicyclic) bond motifs is 3. The van der Waals surface area contributed by atoms with E-state index < -0.39 is 18.3 Å². The number of amides is 1. The van der Waals surface area contributed by atoms with Gasteiger partial charge in [-0.2, -0.15) is 0 Å². The minimum absolute atomic E-state index is 0.0415. The first kappa shape index (κ1) is 23.0. The smallest absolute Gasteiger partial charge is 0.407 e. The van der Waals surface area contributed by atoms with Crippen molar-refractivity contribution in [1.82, 2.24) is 5.32 Å². The van der Waals surface area contributed by atoms with Gasteiger partial charge in [-0.3, -0.25) is 4.79 Å². The van der Waals surface area contributed by atoms with Gasteiger partial charge < -0.3 is 20.3 Å². The fraction of sp³-hybridized carbons (Fsp3) is 0.231. The molecule has 0 aromatic heterocycles. The Hall–Kier alpha value is -3.19. The molecule has 0 saturated carbocycles. The van der Waals surface area contributed by atoms with Gasteiger partial charge >= 0.3 is 6.09 Å². The molecular formula is C26H24ClNO5. The summed E-state index contributed by atoms with van der Waals surface area (Å²) >= 11 is 5.98. The zero-order chi connectivity index (χ0) is 23.4. The van der Waals surface area contributed by atoms with E-state index in [1.165, 1.54) is 12.1 Å². The molecule has 33 heavy (non-hydrogen) atoms. The number of nitrogens with one attached hydrogen (secondary N) is 1. The lowest BCUT2D eigenvalue weighted by atomic mass is 9.97. The highest BCUT2D eigenvalue weighted by Gasteiger charge is 2.29. The molecule has 0 aliphatic heterocycles. The van der Waals surface area contributed by atoms with Gasteiger partial charge in [-0.05, 0) is 40.3 Å². The molecule has 3 aromatic carbocycles. The maximum absolute atomic E-state index is 12.2. The van der Waals surface area contributed by atoms with Gasteiger partial charge in [0, 0.05) is 18.0 Å². The summed E-state index contributed by atoms with van der Waals surface area (Å²) in [5.74, 6) is -0.0415. The molecule has 3 N–H and O–H groups in total. The summed E-state index contributed by atoms with van der Waals surface area (Å²) in [7, 11) is 0. The molecule has 0 spiro atoms. The lowest BCUT2D eigenvalue weighted by molar-refractivity contribution is 0.0133. The van der Waals surface area contributed by atoms with E-state index in [1.54, 1.807) is 6.07 Å². The zero-order valence-corrected chi connectivity index (χ0v) is 18.5. The van der Waals surface area contributed by atoms with Crippen molar-refractivity contribution in [2.24, 2.45) is 0 Å². The second kappa shape index (κ2) is 10.2. The third kappa shape index (κ3) is 4.78. The third-order valence-corrected chi connectivity index (χ3v) is 6.27. The molecular weight excluding hydrogens is 442 g/mol. The van der Waals surface area contributed by atoms with Gasteiger partial charge in [-0.15, -0.1) is 0 Å². The van der Waals surface area contributed by atoms with Crippen LogP contribution in [0.3, 0.4) is 0 Å². The van der Waals surface area contributed by atoms with E-state index in [9.17, 15) is 19.8 Å². The number of hydrogen-bond acceptors (Lipinski definition) is 5. The predicted octanol–water partition coefficient (Wildman–Crippen LogP) is 4.48. The molecule has 4 rings (SSSR count). The first-order valence-corrected chi connectivity index (χ1v) is 11.1. The first-order chi connectivity index (χ1) is 16.0. The van der Waals surface area contributed by atoms with Gasteiger partial charge in [0.2, 0.25) is 0 Å². The minimum Gasteiger partial charge on any atom is -0.449 e. The van der Waals surface area contributed by atoms with E-state index in [4.69, 9.17) is 16.3 Å². The Labute approximate surface area is 196 Å². The molecule has 1 aliphatic rings. The van der Waals surface area contributed by atoms with Crippen molar-refractivity contribution in [3.8, 4) is 11.1 Å². The maximum Gasteiger partial charge on any atom is 0.407 e. The van der Waals surface area contributed by atoms with Crippen molar-refractivity contribution >= 4 is 24.0 Å². The highest BCUT2D eigenvalue weighted by Crippen LogP contribution is 2.44. The first-order valence-electron chi connectivity index (χ1n) is 10.7. The number of carbonyl (C=O) groups excluding carboxylic acids is 2. The molecule has 0 heterocycles. The van der Waals surface area contributed by atoms with E-state index in [2.05, 4.69) is 17.4 Å². The summed E-state index contributed by atoms with van der Waals surface area (Å²) in [5.41, 5.74) is 4.92. The number of aliphatic hydroxyl groups is 2. The Morgan fingerprint density at radius 1 is 1.00 bits per heavy atom. The average molecular weight is 466 g/mol. The van der Waals surface area contributed by atoms with Crippen LogP contribution in [0, 0.1) is 0 Å². The number of aldehydes is 1. The number of benzene rings is 3. The molecule has 0 fully saturated rings. The van der Waals surface area contributed by atoms with Crippen LogP contribution in [-0.4, -0.2) is 41.8 Å². The number of alkyl carbamates (subject to hydrolysis) is 1. The SMILES string of the molecule is O=Cc1c(Cl)cccc1C(O)C(O)CCNC(=O)OCC1c2ccccc2-c2ccccc21. The Morgan fingerprint density at radius 3 is 2.27 bits per heavy atom. The molecule has 0 saturated heterocycles. The summed E-state index contributed by atoms with van der Waals surface area (Å²) in [6, 6.07) is 20.8. The molecule has 0 bridgehead atoms. The van der Waals surface area contributed by atoms with Crippen molar-refractivity contribution in [3.63, 3.8) is 0 Å². The van der Waals surface area contributed by atoms with Crippen LogP contribution in [0.25, 0.3) is 11.1 Å². The number of halogens is 1. The Bertz CT molecular complexity index is 1120. The van der Waals surface area contributed by atoms with E-state index in [0.29, 0.717) is 6.29 Å². The van der Waals surface area contributed by atoms with E-state index in [-0.39, 0.29) is 41.6 Å². The number of rotatable bonds is 8. The van der Waals surface area contributed by atoms with Crippen LogP contribution in [0.2, 0.25) is 5.02 Å². The summed E-state index contributed by atoms with van der Waals surface area (Å²) in [6.07, 6.45) is -2.50. The summed E-state index contributed by atoms with van der Waals surface area (Å²) in [5, 5.41) is 23.5. The van der Waals surface area contributed by atoms with Crippen LogP contribution in [0.5, 0.6) is 0 Å². The molecule has 2 atom stereocenters. The average Bonchev–Trinajstić information content (AvgIpc) is 3.15. The standard InChI is InChI=1S/C26H24ClNO5/c27-23-11-5-10-20(21(23)14-29)25(31)24(30)12-13-28-26(32)33-15-22-18-8-3-1-6-16(18)17-7-2-4-9-19(17)22/h1-11,14,22,24-25,30-31H,12-13,15H2,(H,28,32). The highest BCUT2D eigenvalue weighted by atomic mass is 35.5. The van der Waals surface area contributed by atoms with Crippen LogP contribution in [0.4, 0.5) is 4.79 Å². The molecule has 2 unspecified atom stereocenters. The number of hydrogen-bond donors (Lipinski definition) is 3. The van der Waals surface area contributed by atoms with Crippen molar-refractivity contribution in [2.75, 3.05) is 13.2 Å². The van der Waals surface area contributed by atoms with Gasteiger partial charge in [-0.25, -0.2) is 4.79 Å². The van der Waals surface area contributed by atoms with Crippen molar-refractivity contribution in [2.45, 2.75) is 24.5 Å². The van der Waals surface area contributed by atoms with Crippen molar-refractivity contribution < 1.29 is 24.5 Å². The Balaban J connectivity index is 1.30. The zero-order valence-electron chi connectivity index (χ0n) is 17.8. The van der Waals surface area contributed by atoms with Gasteiger partial charge in [0.15, 0.2) is 6.29 Å². The van der Waals surface area contributed by atoms with Gasteiger partial charge in [-0.1, -0.05) is 72.3 Å². The Morgan fingerprint density at radius 2 is 1.64 bits per heavy atom. The van der Waals surface area contributed by atoms with Crippen LogP contribution >= 0.6 is 11.6 Å². The molecule has 0 radical (unpaired) electrons.